The standard InChI is InChI=1S/C13H14N2O3S/c1-10(11-5-3-2-4-6-11)15-19(17,18)12-7-8-13(16)14-9-12/h2-10,15H,1H3,(H,14,16)/t10-/m1/s1. The fraction of sp³-hybridized carbons (Fsp3) is 0.154. The van der Waals surface area contributed by atoms with Gasteiger partial charge in [-0.15, -0.1) is 0 Å². The molecule has 0 aliphatic carbocycles. The van der Waals surface area contributed by atoms with Gasteiger partial charge in [0, 0.05) is 18.3 Å². The van der Waals surface area contributed by atoms with Gasteiger partial charge in [0.15, 0.2) is 0 Å². The summed E-state index contributed by atoms with van der Waals surface area (Å²) in [5, 5.41) is 0. The van der Waals surface area contributed by atoms with E-state index in [-0.39, 0.29) is 16.5 Å². The van der Waals surface area contributed by atoms with Gasteiger partial charge in [-0.3, -0.25) is 4.79 Å². The van der Waals surface area contributed by atoms with Crippen LogP contribution in [0.25, 0.3) is 0 Å². The number of aromatic nitrogens is 1. The van der Waals surface area contributed by atoms with Gasteiger partial charge in [-0.05, 0) is 18.6 Å². The zero-order chi connectivity index (χ0) is 13.9. The van der Waals surface area contributed by atoms with Crippen LogP contribution in [-0.2, 0) is 10.0 Å². The van der Waals surface area contributed by atoms with Crippen LogP contribution in [0.4, 0.5) is 0 Å². The van der Waals surface area contributed by atoms with Crippen molar-refractivity contribution in [1.82, 2.24) is 9.71 Å². The van der Waals surface area contributed by atoms with Gasteiger partial charge in [0.2, 0.25) is 15.6 Å². The molecule has 1 aromatic carbocycles. The Labute approximate surface area is 111 Å². The van der Waals surface area contributed by atoms with Gasteiger partial charge in [0.25, 0.3) is 0 Å². The highest BCUT2D eigenvalue weighted by Crippen LogP contribution is 2.15. The summed E-state index contributed by atoms with van der Waals surface area (Å²) in [7, 11) is -3.64. The minimum Gasteiger partial charge on any atom is -0.328 e. The van der Waals surface area contributed by atoms with Gasteiger partial charge >= 0.3 is 0 Å². The summed E-state index contributed by atoms with van der Waals surface area (Å²) in [5.74, 6) is 0. The van der Waals surface area contributed by atoms with Crippen molar-refractivity contribution in [2.45, 2.75) is 17.9 Å². The van der Waals surface area contributed by atoms with Crippen LogP contribution in [0.15, 0.2) is 58.4 Å². The van der Waals surface area contributed by atoms with Crippen molar-refractivity contribution >= 4 is 10.0 Å². The highest BCUT2D eigenvalue weighted by atomic mass is 32.2. The normalized spacial score (nSPS) is 13.1. The molecule has 0 unspecified atom stereocenters. The Hall–Kier alpha value is -1.92. The summed E-state index contributed by atoms with van der Waals surface area (Å²) >= 11 is 0. The van der Waals surface area contributed by atoms with E-state index in [1.165, 1.54) is 18.3 Å². The largest absolute Gasteiger partial charge is 0.328 e. The van der Waals surface area contributed by atoms with Crippen LogP contribution < -0.4 is 10.3 Å². The molecule has 2 aromatic rings. The molecule has 6 heteroatoms. The number of H-pyrrole nitrogens is 1. The molecule has 1 heterocycles. The average Bonchev–Trinajstić information content (AvgIpc) is 2.40. The second-order valence-electron chi connectivity index (χ2n) is 4.14. The Morgan fingerprint density at radius 2 is 1.79 bits per heavy atom. The fourth-order valence-electron chi connectivity index (χ4n) is 1.67. The van der Waals surface area contributed by atoms with Crippen molar-refractivity contribution in [3.63, 3.8) is 0 Å². The molecular formula is C13H14N2O3S. The minimum atomic E-state index is -3.64. The first-order valence-electron chi connectivity index (χ1n) is 5.75. The molecule has 19 heavy (non-hydrogen) atoms. The third kappa shape index (κ3) is 3.30. The molecule has 0 saturated carbocycles. The number of aromatic amines is 1. The van der Waals surface area contributed by atoms with Crippen LogP contribution >= 0.6 is 0 Å². The lowest BCUT2D eigenvalue weighted by Gasteiger charge is -2.14. The SMILES string of the molecule is C[C@@H](NS(=O)(=O)c1ccc(=O)[nH]c1)c1ccccc1. The van der Waals surface area contributed by atoms with Crippen LogP contribution in [0.3, 0.4) is 0 Å². The molecule has 2 N–H and O–H groups in total. The zero-order valence-electron chi connectivity index (χ0n) is 10.3. The van der Waals surface area contributed by atoms with Gasteiger partial charge in [-0.25, -0.2) is 13.1 Å². The van der Waals surface area contributed by atoms with E-state index in [2.05, 4.69) is 9.71 Å². The van der Waals surface area contributed by atoms with Crippen molar-refractivity contribution in [3.05, 3.63) is 64.6 Å². The van der Waals surface area contributed by atoms with E-state index in [0.717, 1.165) is 5.56 Å². The summed E-state index contributed by atoms with van der Waals surface area (Å²) < 4.78 is 26.7. The number of nitrogens with one attached hydrogen (secondary N) is 2. The van der Waals surface area contributed by atoms with E-state index < -0.39 is 10.0 Å². The van der Waals surface area contributed by atoms with Crippen molar-refractivity contribution in [3.8, 4) is 0 Å². The van der Waals surface area contributed by atoms with E-state index >= 15 is 0 Å². The molecule has 0 aliphatic heterocycles. The van der Waals surface area contributed by atoms with E-state index in [1.54, 1.807) is 6.92 Å². The first-order chi connectivity index (χ1) is 8.99. The van der Waals surface area contributed by atoms with Crippen molar-refractivity contribution in [1.29, 1.82) is 0 Å². The van der Waals surface area contributed by atoms with Crippen LogP contribution in [0.2, 0.25) is 0 Å². The van der Waals surface area contributed by atoms with Crippen LogP contribution in [0.5, 0.6) is 0 Å². The Kier molecular flexibility index (Phi) is 3.82. The Bertz CT molecular complexity index is 688. The molecule has 0 radical (unpaired) electrons. The van der Waals surface area contributed by atoms with Gasteiger partial charge in [-0.2, -0.15) is 0 Å². The highest BCUT2D eigenvalue weighted by Gasteiger charge is 2.18. The Balaban J connectivity index is 2.22. The van der Waals surface area contributed by atoms with Crippen LogP contribution in [0.1, 0.15) is 18.5 Å². The number of hydrogen-bond acceptors (Lipinski definition) is 3. The molecule has 1 aromatic heterocycles. The lowest BCUT2D eigenvalue weighted by Crippen LogP contribution is -2.27. The quantitative estimate of drug-likeness (QED) is 0.887. The van der Waals surface area contributed by atoms with Crippen molar-refractivity contribution < 1.29 is 8.42 Å². The summed E-state index contributed by atoms with van der Waals surface area (Å²) in [5.41, 5.74) is 0.533. The van der Waals surface area contributed by atoms with Crippen molar-refractivity contribution in [2.24, 2.45) is 0 Å². The molecule has 0 spiro atoms. The fourth-order valence-corrected chi connectivity index (χ4v) is 2.87. The lowest BCUT2D eigenvalue weighted by atomic mass is 10.1. The molecule has 0 bridgehead atoms. The van der Waals surface area contributed by atoms with E-state index in [1.807, 2.05) is 30.3 Å². The maximum atomic E-state index is 12.1. The summed E-state index contributed by atoms with van der Waals surface area (Å²) in [6, 6.07) is 11.4. The molecule has 0 amide bonds. The van der Waals surface area contributed by atoms with E-state index in [4.69, 9.17) is 0 Å². The lowest BCUT2D eigenvalue weighted by molar-refractivity contribution is 0.566. The molecular weight excluding hydrogens is 264 g/mol. The Morgan fingerprint density at radius 3 is 2.37 bits per heavy atom. The number of hydrogen-bond donors (Lipinski definition) is 2. The molecule has 5 nitrogen and oxygen atoms in total. The molecule has 0 saturated heterocycles. The molecule has 1 atom stereocenters. The summed E-state index contributed by atoms with van der Waals surface area (Å²) in [6.07, 6.45) is 1.18. The smallest absolute Gasteiger partial charge is 0.247 e. The number of sulfonamides is 1. The third-order valence-electron chi connectivity index (χ3n) is 2.70. The van der Waals surface area contributed by atoms with E-state index in [0.29, 0.717) is 0 Å². The third-order valence-corrected chi connectivity index (χ3v) is 4.24. The monoisotopic (exact) mass is 278 g/mol. The van der Waals surface area contributed by atoms with Gasteiger partial charge in [0.1, 0.15) is 0 Å². The van der Waals surface area contributed by atoms with Crippen molar-refractivity contribution in [2.75, 3.05) is 0 Å². The number of rotatable bonds is 4. The molecule has 100 valence electrons. The predicted octanol–water partition coefficient (Wildman–Crippen LogP) is 1.41. The maximum absolute atomic E-state index is 12.1. The van der Waals surface area contributed by atoms with Gasteiger partial charge in [0.05, 0.1) is 4.90 Å². The molecule has 2 rings (SSSR count). The number of benzene rings is 1. The number of pyridine rings is 1. The van der Waals surface area contributed by atoms with Crippen LogP contribution in [0, 0.1) is 0 Å². The first-order valence-corrected chi connectivity index (χ1v) is 7.23. The second kappa shape index (κ2) is 5.38. The van der Waals surface area contributed by atoms with E-state index in [9.17, 15) is 13.2 Å². The zero-order valence-corrected chi connectivity index (χ0v) is 11.1. The summed E-state index contributed by atoms with van der Waals surface area (Å²) in [4.78, 5) is 13.3. The first kappa shape index (κ1) is 13.5. The maximum Gasteiger partial charge on any atom is 0.247 e. The topological polar surface area (TPSA) is 79.0 Å². The highest BCUT2D eigenvalue weighted by molar-refractivity contribution is 7.89. The van der Waals surface area contributed by atoms with Gasteiger partial charge < -0.3 is 4.98 Å². The second-order valence-corrected chi connectivity index (χ2v) is 5.86. The minimum absolute atomic E-state index is 0.0369. The average molecular weight is 278 g/mol. The molecule has 0 fully saturated rings. The Morgan fingerprint density at radius 1 is 1.11 bits per heavy atom. The molecule has 0 aliphatic rings. The summed E-state index contributed by atoms with van der Waals surface area (Å²) in [6.45, 7) is 1.76. The van der Waals surface area contributed by atoms with Crippen LogP contribution in [-0.4, -0.2) is 13.4 Å². The predicted molar refractivity (Wildman–Crippen MR) is 72.2 cm³/mol. The van der Waals surface area contributed by atoms with Gasteiger partial charge in [-0.1, -0.05) is 30.3 Å².